The van der Waals surface area contributed by atoms with E-state index >= 15 is 0 Å². The Morgan fingerprint density at radius 1 is 1.20 bits per heavy atom. The largest absolute Gasteiger partial charge is 0.376 e. The third-order valence-corrected chi connectivity index (χ3v) is 3.30. The zero-order chi connectivity index (χ0) is 10.9. The quantitative estimate of drug-likeness (QED) is 0.760. The van der Waals surface area contributed by atoms with E-state index in [2.05, 4.69) is 56.4 Å². The second-order valence-corrected chi connectivity index (χ2v) is 4.46. The van der Waals surface area contributed by atoms with Gasteiger partial charge in [-0.25, -0.2) is 0 Å². The van der Waals surface area contributed by atoms with Crippen molar-refractivity contribution >= 4 is 11.3 Å². The molecule has 1 aromatic carbocycles. The summed E-state index contributed by atoms with van der Waals surface area (Å²) in [5.74, 6) is 0. The zero-order valence-electron chi connectivity index (χ0n) is 9.80. The van der Waals surface area contributed by atoms with Crippen molar-refractivity contribution in [2.24, 2.45) is 0 Å². The van der Waals surface area contributed by atoms with Crippen molar-refractivity contribution in [2.75, 3.05) is 5.32 Å². The Morgan fingerprint density at radius 3 is 2.60 bits per heavy atom. The molecule has 1 aliphatic rings. The third kappa shape index (κ3) is 1.79. The van der Waals surface area contributed by atoms with Crippen LogP contribution in [0, 0.1) is 0 Å². The minimum atomic E-state index is 0.125. The first-order chi connectivity index (χ1) is 7.18. The lowest BCUT2D eigenvalue weighted by Crippen LogP contribution is -2.34. The van der Waals surface area contributed by atoms with Gasteiger partial charge in [-0.05, 0) is 31.4 Å². The van der Waals surface area contributed by atoms with Gasteiger partial charge in [0.15, 0.2) is 0 Å². The molecule has 0 bridgehead atoms. The summed E-state index contributed by atoms with van der Waals surface area (Å²) in [7, 11) is 0. The third-order valence-electron chi connectivity index (χ3n) is 3.30. The molecule has 0 saturated carbocycles. The highest BCUT2D eigenvalue weighted by Gasteiger charge is 2.25. The smallest absolute Gasteiger partial charge is 0.0531 e. The summed E-state index contributed by atoms with van der Waals surface area (Å²) in [6.07, 6.45) is 4.61. The first-order valence-electron chi connectivity index (χ1n) is 5.78. The summed E-state index contributed by atoms with van der Waals surface area (Å²) in [6, 6.07) is 8.58. The van der Waals surface area contributed by atoms with Crippen molar-refractivity contribution in [3.8, 4) is 0 Å². The predicted molar refractivity (Wildman–Crippen MR) is 67.0 cm³/mol. The molecule has 0 aliphatic carbocycles. The minimum Gasteiger partial charge on any atom is -0.376 e. The van der Waals surface area contributed by atoms with Crippen LogP contribution in [0.5, 0.6) is 0 Å². The molecule has 0 amide bonds. The van der Waals surface area contributed by atoms with Gasteiger partial charge in [0, 0.05) is 11.3 Å². The second-order valence-electron chi connectivity index (χ2n) is 4.46. The minimum absolute atomic E-state index is 0.125. The van der Waals surface area contributed by atoms with E-state index in [4.69, 9.17) is 0 Å². The van der Waals surface area contributed by atoms with Gasteiger partial charge in [-0.3, -0.25) is 0 Å². The van der Waals surface area contributed by atoms with E-state index in [1.807, 2.05) is 0 Å². The number of benzene rings is 1. The molecule has 1 aliphatic heterocycles. The van der Waals surface area contributed by atoms with Crippen LogP contribution >= 0.6 is 0 Å². The van der Waals surface area contributed by atoms with Gasteiger partial charge in [0.05, 0.1) is 5.54 Å². The Morgan fingerprint density at radius 2 is 1.93 bits per heavy atom. The van der Waals surface area contributed by atoms with Gasteiger partial charge in [0.1, 0.15) is 0 Å². The van der Waals surface area contributed by atoms with Crippen LogP contribution in [-0.4, -0.2) is 5.54 Å². The van der Waals surface area contributed by atoms with Gasteiger partial charge in [-0.1, -0.05) is 38.1 Å². The molecular weight excluding hydrogens is 182 g/mol. The second kappa shape index (κ2) is 3.73. The molecule has 15 heavy (non-hydrogen) atoms. The predicted octanol–water partition coefficient (Wildman–Crippen LogP) is 4.07. The average molecular weight is 201 g/mol. The van der Waals surface area contributed by atoms with Crippen LogP contribution in [0.3, 0.4) is 0 Å². The van der Waals surface area contributed by atoms with Crippen molar-refractivity contribution in [1.29, 1.82) is 0 Å². The molecular formula is C14H19N. The van der Waals surface area contributed by atoms with Crippen LogP contribution in [0.15, 0.2) is 30.3 Å². The van der Waals surface area contributed by atoms with Crippen LogP contribution in [-0.2, 0) is 0 Å². The van der Waals surface area contributed by atoms with Crippen LogP contribution in [0.4, 0.5) is 5.69 Å². The molecule has 0 spiro atoms. The molecule has 0 unspecified atom stereocenters. The van der Waals surface area contributed by atoms with Gasteiger partial charge in [0.2, 0.25) is 0 Å². The highest BCUT2D eigenvalue weighted by molar-refractivity contribution is 5.80. The highest BCUT2D eigenvalue weighted by Crippen LogP contribution is 2.36. The Kier molecular flexibility index (Phi) is 2.56. The molecule has 2 rings (SSSR count). The summed E-state index contributed by atoms with van der Waals surface area (Å²) < 4.78 is 0. The SMILES string of the molecule is CCC1=C[C@](C)(CC)Nc2ccccc21. The fourth-order valence-corrected chi connectivity index (χ4v) is 2.16. The fourth-order valence-electron chi connectivity index (χ4n) is 2.16. The van der Waals surface area contributed by atoms with Gasteiger partial charge in [-0.15, -0.1) is 0 Å². The zero-order valence-corrected chi connectivity index (χ0v) is 9.80. The van der Waals surface area contributed by atoms with Gasteiger partial charge >= 0.3 is 0 Å². The van der Waals surface area contributed by atoms with E-state index in [9.17, 15) is 0 Å². The summed E-state index contributed by atoms with van der Waals surface area (Å²) in [6.45, 7) is 6.72. The van der Waals surface area contributed by atoms with E-state index in [1.54, 1.807) is 0 Å². The number of para-hydroxylation sites is 1. The number of anilines is 1. The molecule has 80 valence electrons. The maximum absolute atomic E-state index is 3.61. The molecule has 0 radical (unpaired) electrons. The number of hydrogen-bond donors (Lipinski definition) is 1. The van der Waals surface area contributed by atoms with E-state index in [0.29, 0.717) is 0 Å². The Labute approximate surface area is 92.2 Å². The first-order valence-corrected chi connectivity index (χ1v) is 5.78. The van der Waals surface area contributed by atoms with Crippen LogP contribution in [0.25, 0.3) is 5.57 Å². The number of fused-ring (bicyclic) bond motifs is 1. The maximum Gasteiger partial charge on any atom is 0.0531 e. The van der Waals surface area contributed by atoms with E-state index < -0.39 is 0 Å². The summed E-state index contributed by atoms with van der Waals surface area (Å²) in [5.41, 5.74) is 4.24. The first kappa shape index (κ1) is 10.3. The summed E-state index contributed by atoms with van der Waals surface area (Å²) in [5, 5.41) is 3.61. The molecule has 1 heterocycles. The van der Waals surface area contributed by atoms with Crippen molar-refractivity contribution in [2.45, 2.75) is 39.2 Å². The van der Waals surface area contributed by atoms with Gasteiger partial charge in [0.25, 0.3) is 0 Å². The number of rotatable bonds is 2. The van der Waals surface area contributed by atoms with Crippen molar-refractivity contribution in [3.63, 3.8) is 0 Å². The highest BCUT2D eigenvalue weighted by atomic mass is 15.0. The molecule has 0 aromatic heterocycles. The number of nitrogens with one attached hydrogen (secondary N) is 1. The van der Waals surface area contributed by atoms with Crippen molar-refractivity contribution in [1.82, 2.24) is 0 Å². The fraction of sp³-hybridized carbons (Fsp3) is 0.429. The Hall–Kier alpha value is -1.24. The molecule has 1 atom stereocenters. The molecule has 0 fully saturated rings. The van der Waals surface area contributed by atoms with E-state index in [1.165, 1.54) is 16.8 Å². The Bertz CT molecular complexity index is 392. The summed E-state index contributed by atoms with van der Waals surface area (Å²) in [4.78, 5) is 0. The van der Waals surface area contributed by atoms with Crippen LogP contribution in [0.1, 0.15) is 39.2 Å². The molecule has 0 saturated heterocycles. The molecule has 1 heteroatoms. The standard InChI is InChI=1S/C14H19N/c1-4-11-10-14(3,5-2)15-13-9-7-6-8-12(11)13/h6-10,15H,4-5H2,1-3H3/t14-/m0/s1. The number of hydrogen-bond acceptors (Lipinski definition) is 1. The lowest BCUT2D eigenvalue weighted by atomic mass is 9.86. The van der Waals surface area contributed by atoms with Crippen LogP contribution < -0.4 is 5.32 Å². The van der Waals surface area contributed by atoms with E-state index in [0.717, 1.165) is 12.8 Å². The number of allylic oxidation sites excluding steroid dienone is 1. The van der Waals surface area contributed by atoms with Crippen LogP contribution in [0.2, 0.25) is 0 Å². The monoisotopic (exact) mass is 201 g/mol. The molecule has 1 N–H and O–H groups in total. The maximum atomic E-state index is 3.61. The lowest BCUT2D eigenvalue weighted by molar-refractivity contribution is 0.607. The topological polar surface area (TPSA) is 12.0 Å². The summed E-state index contributed by atoms with van der Waals surface area (Å²) >= 11 is 0. The normalized spacial score (nSPS) is 24.1. The molecule has 1 aromatic rings. The van der Waals surface area contributed by atoms with E-state index in [-0.39, 0.29) is 5.54 Å². The Balaban J connectivity index is 2.50. The van der Waals surface area contributed by atoms with Crippen molar-refractivity contribution in [3.05, 3.63) is 35.9 Å². The van der Waals surface area contributed by atoms with Crippen molar-refractivity contribution < 1.29 is 0 Å². The van der Waals surface area contributed by atoms with Gasteiger partial charge in [-0.2, -0.15) is 0 Å². The average Bonchev–Trinajstić information content (AvgIpc) is 2.28. The molecule has 1 nitrogen and oxygen atoms in total. The lowest BCUT2D eigenvalue weighted by Gasteiger charge is -2.34. The van der Waals surface area contributed by atoms with Gasteiger partial charge < -0.3 is 5.32 Å².